The minimum Gasteiger partial charge on any atom is -0.287 e. The fourth-order valence-electron chi connectivity index (χ4n) is 1.47. The quantitative estimate of drug-likeness (QED) is 0.785. The van der Waals surface area contributed by atoms with Crippen molar-refractivity contribution < 1.29 is 4.79 Å². The normalized spacial score (nSPS) is 10.6. The van der Waals surface area contributed by atoms with Crippen LogP contribution in [0, 0.1) is 0 Å². The molecular weight excluding hydrogens is 327 g/mol. The Balaban J connectivity index is 2.51. The van der Waals surface area contributed by atoms with Gasteiger partial charge in [-0.2, -0.15) is 5.10 Å². The first-order valence-electron chi connectivity index (χ1n) is 4.68. The van der Waals surface area contributed by atoms with Gasteiger partial charge in [0.1, 0.15) is 5.69 Å². The van der Waals surface area contributed by atoms with Crippen LogP contribution in [0.1, 0.15) is 16.1 Å². The first-order valence-corrected chi connectivity index (χ1v) is 6.23. The molecule has 0 saturated heterocycles. The van der Waals surface area contributed by atoms with Crippen LogP contribution < -0.4 is 0 Å². The number of nitrogens with zero attached hydrogens (tertiary/aromatic N) is 2. The lowest BCUT2D eigenvalue weighted by molar-refractivity contribution is 0.102. The zero-order valence-corrected chi connectivity index (χ0v) is 11.8. The average Bonchev–Trinajstić information content (AvgIpc) is 2.58. The highest BCUT2D eigenvalue weighted by Crippen LogP contribution is 2.26. The van der Waals surface area contributed by atoms with Crippen LogP contribution in [0.3, 0.4) is 0 Å². The smallest absolute Gasteiger partial charge is 0.213 e. The Morgan fingerprint density at radius 1 is 1.41 bits per heavy atom. The Bertz CT molecular complexity index is 576. The SMILES string of the molecule is Cn1ncc(Cl)c1C(=O)c1ccc(Cl)cc1Br. The van der Waals surface area contributed by atoms with Crippen molar-refractivity contribution in [3.8, 4) is 0 Å². The number of hydrogen-bond donors (Lipinski definition) is 0. The average molecular weight is 334 g/mol. The molecule has 6 heteroatoms. The molecule has 1 aromatic carbocycles. The molecule has 1 aromatic heterocycles. The van der Waals surface area contributed by atoms with Crippen LogP contribution in [0.4, 0.5) is 0 Å². The van der Waals surface area contributed by atoms with E-state index in [9.17, 15) is 4.79 Å². The standard InChI is InChI=1S/C11H7BrCl2N2O/c1-16-10(9(14)5-15-16)11(17)7-3-2-6(13)4-8(7)12/h2-5H,1H3. The number of carbonyl (C=O) groups is 1. The molecule has 0 aliphatic carbocycles. The number of rotatable bonds is 2. The van der Waals surface area contributed by atoms with Crippen molar-refractivity contribution in [3.63, 3.8) is 0 Å². The zero-order valence-electron chi connectivity index (χ0n) is 8.75. The summed E-state index contributed by atoms with van der Waals surface area (Å²) in [6.07, 6.45) is 1.44. The molecule has 0 N–H and O–H groups in total. The number of aryl methyl sites for hydroxylation is 1. The molecule has 0 unspecified atom stereocenters. The molecule has 1 heterocycles. The second-order valence-electron chi connectivity index (χ2n) is 3.42. The summed E-state index contributed by atoms with van der Waals surface area (Å²) in [6, 6.07) is 4.97. The van der Waals surface area contributed by atoms with E-state index in [2.05, 4.69) is 21.0 Å². The van der Waals surface area contributed by atoms with E-state index < -0.39 is 0 Å². The largest absolute Gasteiger partial charge is 0.287 e. The molecule has 17 heavy (non-hydrogen) atoms. The number of ketones is 1. The molecule has 3 nitrogen and oxygen atoms in total. The van der Waals surface area contributed by atoms with Gasteiger partial charge in [0.25, 0.3) is 0 Å². The van der Waals surface area contributed by atoms with Crippen LogP contribution >= 0.6 is 39.1 Å². The summed E-state index contributed by atoms with van der Waals surface area (Å²) < 4.78 is 2.08. The van der Waals surface area contributed by atoms with E-state index in [1.807, 2.05) is 0 Å². The number of aromatic nitrogens is 2. The molecule has 0 bridgehead atoms. The molecule has 0 atom stereocenters. The summed E-state index contributed by atoms with van der Waals surface area (Å²) in [5.41, 5.74) is 0.856. The first-order chi connectivity index (χ1) is 8.00. The van der Waals surface area contributed by atoms with Crippen molar-refractivity contribution in [1.82, 2.24) is 9.78 Å². The summed E-state index contributed by atoms with van der Waals surface area (Å²) in [5, 5.41) is 4.82. The van der Waals surface area contributed by atoms with E-state index in [0.29, 0.717) is 25.8 Å². The molecule has 0 saturated carbocycles. The number of benzene rings is 1. The van der Waals surface area contributed by atoms with Gasteiger partial charge in [-0.05, 0) is 34.1 Å². The van der Waals surface area contributed by atoms with Crippen molar-refractivity contribution in [2.24, 2.45) is 7.05 Å². The van der Waals surface area contributed by atoms with Gasteiger partial charge in [0.2, 0.25) is 5.78 Å². The highest BCUT2D eigenvalue weighted by Gasteiger charge is 2.19. The summed E-state index contributed by atoms with van der Waals surface area (Å²) >= 11 is 15.1. The third-order valence-electron chi connectivity index (χ3n) is 2.28. The van der Waals surface area contributed by atoms with Crippen LogP contribution in [0.2, 0.25) is 10.0 Å². The molecule has 2 rings (SSSR count). The molecule has 0 radical (unpaired) electrons. The molecule has 0 aliphatic rings. The van der Waals surface area contributed by atoms with Crippen LogP contribution in [-0.4, -0.2) is 15.6 Å². The van der Waals surface area contributed by atoms with Crippen LogP contribution in [0.5, 0.6) is 0 Å². The van der Waals surface area contributed by atoms with E-state index in [-0.39, 0.29) is 5.78 Å². The Labute approximate surface area is 116 Å². The molecule has 0 spiro atoms. The predicted molar refractivity (Wildman–Crippen MR) is 70.8 cm³/mol. The predicted octanol–water partition coefficient (Wildman–Crippen LogP) is 3.72. The Morgan fingerprint density at radius 2 is 2.12 bits per heavy atom. The number of hydrogen-bond acceptors (Lipinski definition) is 2. The highest BCUT2D eigenvalue weighted by atomic mass is 79.9. The first kappa shape index (κ1) is 12.6. The maximum atomic E-state index is 12.3. The zero-order chi connectivity index (χ0) is 12.6. The van der Waals surface area contributed by atoms with E-state index in [0.717, 1.165) is 0 Å². The van der Waals surface area contributed by atoms with Gasteiger partial charge in [-0.15, -0.1) is 0 Å². The molecule has 2 aromatic rings. The molecule has 0 fully saturated rings. The van der Waals surface area contributed by atoms with E-state index in [1.54, 1.807) is 25.2 Å². The van der Waals surface area contributed by atoms with Crippen molar-refractivity contribution >= 4 is 44.9 Å². The maximum Gasteiger partial charge on any atom is 0.213 e. The Morgan fingerprint density at radius 3 is 2.65 bits per heavy atom. The summed E-state index contributed by atoms with van der Waals surface area (Å²) in [7, 11) is 1.67. The lowest BCUT2D eigenvalue weighted by Gasteiger charge is -2.05. The topological polar surface area (TPSA) is 34.9 Å². The van der Waals surface area contributed by atoms with E-state index in [1.165, 1.54) is 10.9 Å². The van der Waals surface area contributed by atoms with Crippen LogP contribution in [-0.2, 0) is 7.05 Å². The monoisotopic (exact) mass is 332 g/mol. The lowest BCUT2D eigenvalue weighted by atomic mass is 10.1. The van der Waals surface area contributed by atoms with Gasteiger partial charge < -0.3 is 0 Å². The van der Waals surface area contributed by atoms with E-state index in [4.69, 9.17) is 23.2 Å². The fourth-order valence-corrected chi connectivity index (χ4v) is 2.58. The van der Waals surface area contributed by atoms with Crippen molar-refractivity contribution in [1.29, 1.82) is 0 Å². The van der Waals surface area contributed by atoms with Crippen LogP contribution in [0.25, 0.3) is 0 Å². The third-order valence-corrected chi connectivity index (χ3v) is 3.45. The van der Waals surface area contributed by atoms with Crippen LogP contribution in [0.15, 0.2) is 28.9 Å². The second kappa shape index (κ2) is 4.80. The highest BCUT2D eigenvalue weighted by molar-refractivity contribution is 9.10. The Hall–Kier alpha value is -0.840. The molecule has 0 aliphatic heterocycles. The molecular formula is C11H7BrCl2N2O. The number of carbonyl (C=O) groups excluding carboxylic acids is 1. The van der Waals surface area contributed by atoms with Crippen molar-refractivity contribution in [3.05, 3.63) is 50.2 Å². The number of halogens is 3. The summed E-state index contributed by atoms with van der Waals surface area (Å²) in [6.45, 7) is 0. The van der Waals surface area contributed by atoms with Gasteiger partial charge in [0.15, 0.2) is 0 Å². The lowest BCUT2D eigenvalue weighted by Crippen LogP contribution is -2.09. The minimum absolute atomic E-state index is 0.196. The second-order valence-corrected chi connectivity index (χ2v) is 5.12. The minimum atomic E-state index is -0.196. The maximum absolute atomic E-state index is 12.3. The van der Waals surface area contributed by atoms with Gasteiger partial charge >= 0.3 is 0 Å². The van der Waals surface area contributed by atoms with E-state index >= 15 is 0 Å². The molecule has 0 amide bonds. The van der Waals surface area contributed by atoms with Gasteiger partial charge in [-0.1, -0.05) is 23.2 Å². The Kier molecular flexibility index (Phi) is 3.56. The summed E-state index contributed by atoms with van der Waals surface area (Å²) in [5.74, 6) is -0.196. The van der Waals surface area contributed by atoms with Gasteiger partial charge in [0, 0.05) is 22.1 Å². The van der Waals surface area contributed by atoms with Gasteiger partial charge in [0.05, 0.1) is 11.2 Å². The fraction of sp³-hybridized carbons (Fsp3) is 0.0909. The molecule has 88 valence electrons. The van der Waals surface area contributed by atoms with Gasteiger partial charge in [-0.3, -0.25) is 9.48 Å². The van der Waals surface area contributed by atoms with Crippen molar-refractivity contribution in [2.45, 2.75) is 0 Å². The third kappa shape index (κ3) is 2.39. The van der Waals surface area contributed by atoms with Gasteiger partial charge in [-0.25, -0.2) is 0 Å². The van der Waals surface area contributed by atoms with Crippen molar-refractivity contribution in [2.75, 3.05) is 0 Å². The summed E-state index contributed by atoms with van der Waals surface area (Å²) in [4.78, 5) is 12.3.